The third-order valence-electron chi connectivity index (χ3n) is 2.50. The number of halogens is 2. The van der Waals surface area contributed by atoms with Crippen LogP contribution in [0.5, 0.6) is 5.75 Å². The Morgan fingerprint density at radius 1 is 1.47 bits per heavy atom. The molecule has 0 amide bonds. The first-order valence-corrected chi connectivity index (χ1v) is 6.05. The van der Waals surface area contributed by atoms with Crippen molar-refractivity contribution in [3.63, 3.8) is 0 Å². The van der Waals surface area contributed by atoms with Crippen LogP contribution in [0.2, 0.25) is 5.02 Å². The summed E-state index contributed by atoms with van der Waals surface area (Å²) in [6.07, 6.45) is 0. The molecule has 0 saturated carbocycles. The minimum absolute atomic E-state index is 0.423. The summed E-state index contributed by atoms with van der Waals surface area (Å²) < 4.78 is 5.90. The molecule has 0 saturated heterocycles. The van der Waals surface area contributed by atoms with Crippen LogP contribution in [0.1, 0.15) is 5.56 Å². The van der Waals surface area contributed by atoms with Crippen LogP contribution in [-0.4, -0.2) is 17.3 Å². The lowest BCUT2D eigenvalue weighted by Gasteiger charge is -2.09. The molecule has 0 aliphatic carbocycles. The van der Waals surface area contributed by atoms with Gasteiger partial charge in [0.1, 0.15) is 5.75 Å². The van der Waals surface area contributed by atoms with Crippen LogP contribution in [0, 0.1) is 6.92 Å². The molecule has 0 radical (unpaired) electrons. The Kier molecular flexibility index (Phi) is 3.31. The van der Waals surface area contributed by atoms with Gasteiger partial charge in [0.2, 0.25) is 0 Å². The predicted molar refractivity (Wildman–Crippen MR) is 72.4 cm³/mol. The molecule has 6 heteroatoms. The summed E-state index contributed by atoms with van der Waals surface area (Å²) >= 11 is 9.49. The second kappa shape index (κ2) is 4.58. The van der Waals surface area contributed by atoms with Gasteiger partial charge in [-0.25, -0.2) is 0 Å². The van der Waals surface area contributed by atoms with E-state index in [1.807, 2.05) is 19.1 Å². The van der Waals surface area contributed by atoms with E-state index in [4.69, 9.17) is 22.1 Å². The number of aromatic amines is 1. The van der Waals surface area contributed by atoms with E-state index in [0.29, 0.717) is 16.6 Å². The number of nitrogen functional groups attached to an aromatic ring is 1. The zero-order valence-electron chi connectivity index (χ0n) is 9.34. The minimum Gasteiger partial charge on any atom is -0.495 e. The third-order valence-corrected chi connectivity index (χ3v) is 3.60. The zero-order valence-corrected chi connectivity index (χ0v) is 11.7. The molecule has 0 fully saturated rings. The van der Waals surface area contributed by atoms with Gasteiger partial charge in [0.05, 0.1) is 22.3 Å². The van der Waals surface area contributed by atoms with Crippen LogP contribution >= 0.6 is 27.5 Å². The highest BCUT2D eigenvalue weighted by atomic mass is 79.9. The SMILES string of the molecule is COc1cc(C)c(-c2[nH]nc(N)c2Br)cc1Cl. The highest BCUT2D eigenvalue weighted by molar-refractivity contribution is 9.10. The standard InChI is InChI=1S/C11H11BrClN3O/c1-5-3-8(17-2)7(13)4-6(5)10-9(12)11(14)16-15-10/h3-4H,1-2H3,(H3,14,15,16). The fourth-order valence-electron chi connectivity index (χ4n) is 1.60. The summed E-state index contributed by atoms with van der Waals surface area (Å²) in [5, 5.41) is 7.36. The second-order valence-corrected chi connectivity index (χ2v) is 4.80. The largest absolute Gasteiger partial charge is 0.495 e. The summed E-state index contributed by atoms with van der Waals surface area (Å²) in [7, 11) is 1.59. The fourth-order valence-corrected chi connectivity index (χ4v) is 2.23. The van der Waals surface area contributed by atoms with Gasteiger partial charge in [-0.2, -0.15) is 5.10 Å². The molecule has 2 rings (SSSR count). The van der Waals surface area contributed by atoms with E-state index < -0.39 is 0 Å². The van der Waals surface area contributed by atoms with Gasteiger partial charge in [-0.3, -0.25) is 5.10 Å². The van der Waals surface area contributed by atoms with Gasteiger partial charge < -0.3 is 10.5 Å². The van der Waals surface area contributed by atoms with Crippen molar-refractivity contribution in [1.29, 1.82) is 0 Å². The minimum atomic E-state index is 0.423. The number of nitrogens with one attached hydrogen (secondary N) is 1. The normalized spacial score (nSPS) is 10.6. The first kappa shape index (κ1) is 12.3. The van der Waals surface area contributed by atoms with Crippen LogP contribution < -0.4 is 10.5 Å². The average Bonchev–Trinajstić information content (AvgIpc) is 2.63. The number of aromatic nitrogens is 2. The van der Waals surface area contributed by atoms with Crippen LogP contribution in [0.15, 0.2) is 16.6 Å². The van der Waals surface area contributed by atoms with E-state index in [0.717, 1.165) is 21.3 Å². The first-order valence-electron chi connectivity index (χ1n) is 4.88. The van der Waals surface area contributed by atoms with E-state index in [1.54, 1.807) is 7.11 Å². The summed E-state index contributed by atoms with van der Waals surface area (Å²) in [6.45, 7) is 1.97. The molecule has 4 nitrogen and oxygen atoms in total. The Morgan fingerprint density at radius 2 is 2.18 bits per heavy atom. The number of hydrogen-bond donors (Lipinski definition) is 2. The molecule has 0 aliphatic heterocycles. The second-order valence-electron chi connectivity index (χ2n) is 3.60. The van der Waals surface area contributed by atoms with Crippen molar-refractivity contribution in [3.05, 3.63) is 27.2 Å². The van der Waals surface area contributed by atoms with Gasteiger partial charge in [-0.1, -0.05) is 11.6 Å². The molecule has 0 aliphatic rings. The van der Waals surface area contributed by atoms with E-state index in [2.05, 4.69) is 26.1 Å². The summed E-state index contributed by atoms with van der Waals surface area (Å²) in [6, 6.07) is 3.70. The van der Waals surface area contributed by atoms with Crippen molar-refractivity contribution in [3.8, 4) is 17.0 Å². The number of aryl methyl sites for hydroxylation is 1. The van der Waals surface area contributed by atoms with Gasteiger partial charge in [0.25, 0.3) is 0 Å². The molecule has 17 heavy (non-hydrogen) atoms. The van der Waals surface area contributed by atoms with Gasteiger partial charge >= 0.3 is 0 Å². The van der Waals surface area contributed by atoms with E-state index in [9.17, 15) is 0 Å². The van der Waals surface area contributed by atoms with Crippen molar-refractivity contribution in [1.82, 2.24) is 10.2 Å². The highest BCUT2D eigenvalue weighted by Gasteiger charge is 2.14. The van der Waals surface area contributed by atoms with Gasteiger partial charge in [0.15, 0.2) is 5.82 Å². The molecule has 0 unspecified atom stereocenters. The van der Waals surface area contributed by atoms with Crippen molar-refractivity contribution >= 4 is 33.3 Å². The summed E-state index contributed by atoms with van der Waals surface area (Å²) in [5.41, 5.74) is 8.45. The van der Waals surface area contributed by atoms with Crippen LogP contribution in [0.25, 0.3) is 11.3 Å². The number of ether oxygens (including phenoxy) is 1. The molecule has 2 aromatic rings. The first-order chi connectivity index (χ1) is 8.04. The predicted octanol–water partition coefficient (Wildman–Crippen LogP) is 3.39. The molecule has 0 atom stereocenters. The molecular formula is C11H11BrClN3O. The Balaban J connectivity index is 2.60. The number of nitrogens with zero attached hydrogens (tertiary/aromatic N) is 1. The number of anilines is 1. The summed E-state index contributed by atoms with van der Waals surface area (Å²) in [5.74, 6) is 1.07. The van der Waals surface area contributed by atoms with E-state index in [-0.39, 0.29) is 0 Å². The quantitative estimate of drug-likeness (QED) is 0.892. The van der Waals surface area contributed by atoms with Crippen molar-refractivity contribution in [2.24, 2.45) is 0 Å². The molecule has 1 aromatic heterocycles. The van der Waals surface area contributed by atoms with Gasteiger partial charge in [-0.05, 0) is 40.5 Å². The van der Waals surface area contributed by atoms with Crippen molar-refractivity contribution < 1.29 is 4.74 Å². The molecule has 0 bridgehead atoms. The monoisotopic (exact) mass is 315 g/mol. The molecule has 1 heterocycles. The molecule has 3 N–H and O–H groups in total. The maximum Gasteiger partial charge on any atom is 0.160 e. The van der Waals surface area contributed by atoms with Crippen molar-refractivity contribution in [2.45, 2.75) is 6.92 Å². The number of rotatable bonds is 2. The Bertz CT molecular complexity index is 568. The lowest BCUT2D eigenvalue weighted by molar-refractivity contribution is 0.415. The lowest BCUT2D eigenvalue weighted by Crippen LogP contribution is -1.90. The zero-order chi connectivity index (χ0) is 12.6. The number of benzene rings is 1. The van der Waals surface area contributed by atoms with Crippen LogP contribution in [0.3, 0.4) is 0 Å². The molecular weight excluding hydrogens is 305 g/mol. The Morgan fingerprint density at radius 3 is 2.71 bits per heavy atom. The highest BCUT2D eigenvalue weighted by Crippen LogP contribution is 2.37. The van der Waals surface area contributed by atoms with Gasteiger partial charge in [-0.15, -0.1) is 0 Å². The molecule has 90 valence electrons. The smallest absolute Gasteiger partial charge is 0.160 e. The topological polar surface area (TPSA) is 63.9 Å². The van der Waals surface area contributed by atoms with Crippen molar-refractivity contribution in [2.75, 3.05) is 12.8 Å². The number of hydrogen-bond acceptors (Lipinski definition) is 3. The third kappa shape index (κ3) is 2.12. The number of nitrogens with two attached hydrogens (primary N) is 1. The molecule has 0 spiro atoms. The van der Waals surface area contributed by atoms with Gasteiger partial charge in [0, 0.05) is 5.56 Å². The summed E-state index contributed by atoms with van der Waals surface area (Å²) in [4.78, 5) is 0. The Hall–Kier alpha value is -1.20. The average molecular weight is 317 g/mol. The van der Waals surface area contributed by atoms with Crippen LogP contribution in [0.4, 0.5) is 5.82 Å². The number of H-pyrrole nitrogens is 1. The maximum absolute atomic E-state index is 6.10. The fraction of sp³-hybridized carbons (Fsp3) is 0.182. The lowest BCUT2D eigenvalue weighted by atomic mass is 10.1. The maximum atomic E-state index is 6.10. The van der Waals surface area contributed by atoms with E-state index in [1.165, 1.54) is 0 Å². The number of methoxy groups -OCH3 is 1. The Labute approximate surface area is 112 Å². The molecule has 1 aromatic carbocycles. The van der Waals surface area contributed by atoms with Crippen LogP contribution in [-0.2, 0) is 0 Å². The van der Waals surface area contributed by atoms with E-state index >= 15 is 0 Å².